The predicted molar refractivity (Wildman–Crippen MR) is 141 cm³/mol. The summed E-state index contributed by atoms with van der Waals surface area (Å²) in [5, 5.41) is 15.8. The Morgan fingerprint density at radius 3 is 2.69 bits per heavy atom. The van der Waals surface area contributed by atoms with Crippen LogP contribution in [0.4, 0.5) is 11.4 Å². The standard InChI is InChI=1S/C27H24BrClN2O4/c1-15-10-19(31(32)33)13-22-20-4-3-5-21(20)26(30-25(15)22)17-11-23(28)27(24(12-17)34-2)35-14-16-6-8-18(29)9-7-16/h3-4,6-13,20-21,26,30H,5,14H2,1-2H3/t20-,21+,26+/m1/s1. The number of nitrogens with one attached hydrogen (secondary N) is 1. The molecule has 2 aliphatic rings. The Hall–Kier alpha value is -3.03. The average Bonchev–Trinajstić information content (AvgIpc) is 3.34. The summed E-state index contributed by atoms with van der Waals surface area (Å²) in [6.07, 6.45) is 5.23. The minimum Gasteiger partial charge on any atom is -0.493 e. The third-order valence-electron chi connectivity index (χ3n) is 6.77. The molecule has 3 atom stereocenters. The van der Waals surface area contributed by atoms with Gasteiger partial charge in [-0.2, -0.15) is 0 Å². The molecule has 6 nitrogen and oxygen atoms in total. The maximum Gasteiger partial charge on any atom is 0.270 e. The van der Waals surface area contributed by atoms with Gasteiger partial charge < -0.3 is 14.8 Å². The van der Waals surface area contributed by atoms with Crippen LogP contribution in [-0.2, 0) is 6.61 Å². The second-order valence-electron chi connectivity index (χ2n) is 8.91. The van der Waals surface area contributed by atoms with Gasteiger partial charge in [-0.05, 0) is 81.7 Å². The lowest BCUT2D eigenvalue weighted by Crippen LogP contribution is -2.29. The van der Waals surface area contributed by atoms with Crippen LogP contribution in [0.3, 0.4) is 0 Å². The first-order chi connectivity index (χ1) is 16.9. The van der Waals surface area contributed by atoms with Crippen molar-refractivity contribution < 1.29 is 14.4 Å². The molecule has 1 aliphatic heterocycles. The molecule has 3 aromatic carbocycles. The van der Waals surface area contributed by atoms with Gasteiger partial charge in [0.2, 0.25) is 0 Å². The Kier molecular flexibility index (Phi) is 6.47. The first-order valence-electron chi connectivity index (χ1n) is 11.3. The highest BCUT2D eigenvalue weighted by Gasteiger charge is 2.40. The van der Waals surface area contributed by atoms with E-state index in [-0.39, 0.29) is 28.5 Å². The number of hydrogen-bond acceptors (Lipinski definition) is 5. The molecule has 8 heteroatoms. The molecule has 0 unspecified atom stereocenters. The quantitative estimate of drug-likeness (QED) is 0.191. The number of nitrogens with zero attached hydrogens (tertiary/aromatic N) is 1. The number of non-ortho nitro benzene ring substituents is 1. The highest BCUT2D eigenvalue weighted by atomic mass is 79.9. The smallest absolute Gasteiger partial charge is 0.270 e. The molecule has 5 rings (SSSR count). The fourth-order valence-electron chi connectivity index (χ4n) is 5.10. The summed E-state index contributed by atoms with van der Waals surface area (Å²) in [5.41, 5.74) is 5.02. The minimum atomic E-state index is -0.322. The van der Waals surface area contributed by atoms with Crippen LogP contribution in [0.25, 0.3) is 0 Å². The summed E-state index contributed by atoms with van der Waals surface area (Å²) >= 11 is 9.68. The van der Waals surface area contributed by atoms with Crippen LogP contribution >= 0.6 is 27.5 Å². The Morgan fingerprint density at radius 1 is 1.20 bits per heavy atom. The second kappa shape index (κ2) is 9.55. The third kappa shape index (κ3) is 4.50. The van der Waals surface area contributed by atoms with E-state index in [1.807, 2.05) is 37.3 Å². The number of nitro groups is 1. The lowest BCUT2D eigenvalue weighted by Gasteiger charge is -2.38. The number of anilines is 1. The first kappa shape index (κ1) is 23.7. The largest absolute Gasteiger partial charge is 0.493 e. The molecule has 0 saturated carbocycles. The maximum atomic E-state index is 11.4. The normalized spacial score (nSPS) is 20.1. The second-order valence-corrected chi connectivity index (χ2v) is 10.2. The summed E-state index contributed by atoms with van der Waals surface area (Å²) in [7, 11) is 1.63. The third-order valence-corrected chi connectivity index (χ3v) is 7.61. The van der Waals surface area contributed by atoms with Crippen molar-refractivity contribution in [3.05, 3.63) is 103 Å². The summed E-state index contributed by atoms with van der Waals surface area (Å²) in [4.78, 5) is 11.1. The van der Waals surface area contributed by atoms with Crippen molar-refractivity contribution >= 4 is 38.9 Å². The van der Waals surface area contributed by atoms with Gasteiger partial charge in [0.05, 0.1) is 22.5 Å². The number of rotatable bonds is 6. The van der Waals surface area contributed by atoms with Gasteiger partial charge in [0, 0.05) is 28.8 Å². The highest BCUT2D eigenvalue weighted by Crippen LogP contribution is 2.52. The number of fused-ring (bicyclic) bond motifs is 3. The average molecular weight is 556 g/mol. The molecule has 1 aliphatic carbocycles. The number of aryl methyl sites for hydroxylation is 1. The summed E-state index contributed by atoms with van der Waals surface area (Å²) in [6, 6.07) is 15.0. The topological polar surface area (TPSA) is 73.6 Å². The molecule has 3 aromatic rings. The molecule has 0 saturated heterocycles. The Bertz CT molecular complexity index is 1330. The maximum absolute atomic E-state index is 11.4. The number of benzene rings is 3. The molecule has 0 radical (unpaired) electrons. The van der Waals surface area contributed by atoms with E-state index in [0.29, 0.717) is 23.1 Å². The highest BCUT2D eigenvalue weighted by molar-refractivity contribution is 9.10. The van der Waals surface area contributed by atoms with Crippen molar-refractivity contribution in [2.24, 2.45) is 5.92 Å². The number of ether oxygens (including phenoxy) is 2. The number of nitro benzene ring substituents is 1. The molecule has 0 amide bonds. The van der Waals surface area contributed by atoms with E-state index in [4.69, 9.17) is 21.1 Å². The SMILES string of the molecule is COc1cc([C@@H]2Nc3c(C)cc([N+](=O)[O-])cc3[C@@H]3C=CC[C@@H]32)cc(Br)c1OCc1ccc(Cl)cc1. The van der Waals surface area contributed by atoms with E-state index in [0.717, 1.165) is 38.8 Å². The van der Waals surface area contributed by atoms with Crippen LogP contribution in [0.1, 0.15) is 40.6 Å². The van der Waals surface area contributed by atoms with E-state index in [9.17, 15) is 10.1 Å². The molecule has 1 N–H and O–H groups in total. The summed E-state index contributed by atoms with van der Waals surface area (Å²) in [6.45, 7) is 2.30. The van der Waals surface area contributed by atoms with E-state index < -0.39 is 0 Å². The van der Waals surface area contributed by atoms with Crippen LogP contribution in [0.15, 0.2) is 65.2 Å². The zero-order valence-electron chi connectivity index (χ0n) is 19.3. The van der Waals surface area contributed by atoms with Crippen LogP contribution in [0.2, 0.25) is 5.02 Å². The Labute approximate surface area is 217 Å². The molecule has 0 spiro atoms. The van der Waals surface area contributed by atoms with Gasteiger partial charge in [0.1, 0.15) is 6.61 Å². The zero-order chi connectivity index (χ0) is 24.7. The number of halogens is 2. The first-order valence-corrected chi connectivity index (χ1v) is 12.5. The molecule has 35 heavy (non-hydrogen) atoms. The van der Waals surface area contributed by atoms with Crippen LogP contribution in [0, 0.1) is 23.0 Å². The fraction of sp³-hybridized carbons (Fsp3) is 0.259. The van der Waals surface area contributed by atoms with Gasteiger partial charge in [-0.25, -0.2) is 0 Å². The molecule has 0 fully saturated rings. The van der Waals surface area contributed by atoms with Crippen molar-refractivity contribution in [3.63, 3.8) is 0 Å². The van der Waals surface area contributed by atoms with E-state index in [1.165, 1.54) is 0 Å². The monoisotopic (exact) mass is 554 g/mol. The van der Waals surface area contributed by atoms with Crippen LogP contribution in [-0.4, -0.2) is 12.0 Å². The van der Waals surface area contributed by atoms with Crippen LogP contribution < -0.4 is 14.8 Å². The van der Waals surface area contributed by atoms with Crippen molar-refractivity contribution in [3.8, 4) is 11.5 Å². The lowest BCUT2D eigenvalue weighted by atomic mass is 9.76. The molecule has 180 valence electrons. The molecular weight excluding hydrogens is 532 g/mol. The summed E-state index contributed by atoms with van der Waals surface area (Å²) in [5.74, 6) is 1.62. The molecule has 1 heterocycles. The Morgan fingerprint density at radius 2 is 1.97 bits per heavy atom. The van der Waals surface area contributed by atoms with Gasteiger partial charge >= 0.3 is 0 Å². The fourth-order valence-corrected chi connectivity index (χ4v) is 5.80. The van der Waals surface area contributed by atoms with Gasteiger partial charge in [-0.3, -0.25) is 10.1 Å². The van der Waals surface area contributed by atoms with Crippen molar-refractivity contribution in [1.29, 1.82) is 0 Å². The van der Waals surface area contributed by atoms with Gasteiger partial charge in [-0.1, -0.05) is 35.9 Å². The number of allylic oxidation sites excluding steroid dienone is 2. The molecular formula is C27H24BrClN2O4. The van der Waals surface area contributed by atoms with Gasteiger partial charge in [0.25, 0.3) is 5.69 Å². The number of methoxy groups -OCH3 is 1. The van der Waals surface area contributed by atoms with E-state index >= 15 is 0 Å². The predicted octanol–water partition coefficient (Wildman–Crippen LogP) is 7.73. The van der Waals surface area contributed by atoms with Gasteiger partial charge in [-0.15, -0.1) is 0 Å². The van der Waals surface area contributed by atoms with E-state index in [1.54, 1.807) is 19.2 Å². The van der Waals surface area contributed by atoms with Crippen molar-refractivity contribution in [1.82, 2.24) is 0 Å². The van der Waals surface area contributed by atoms with Crippen molar-refractivity contribution in [2.75, 3.05) is 12.4 Å². The Balaban J connectivity index is 1.47. The lowest BCUT2D eigenvalue weighted by molar-refractivity contribution is -0.385. The summed E-state index contributed by atoms with van der Waals surface area (Å²) < 4.78 is 12.6. The van der Waals surface area contributed by atoms with Gasteiger partial charge in [0.15, 0.2) is 11.5 Å². The van der Waals surface area contributed by atoms with Crippen LogP contribution in [0.5, 0.6) is 11.5 Å². The van der Waals surface area contributed by atoms with Crippen molar-refractivity contribution in [2.45, 2.75) is 31.9 Å². The minimum absolute atomic E-state index is 0.0122. The molecule has 0 bridgehead atoms. The number of hydrogen-bond donors (Lipinski definition) is 1. The molecule has 0 aromatic heterocycles. The van der Waals surface area contributed by atoms with E-state index in [2.05, 4.69) is 39.5 Å². The zero-order valence-corrected chi connectivity index (χ0v) is 21.6.